The Morgan fingerprint density at radius 3 is 2.67 bits per heavy atom. The number of carboxylic acid groups (broad SMARTS) is 1. The van der Waals surface area contributed by atoms with Crippen molar-refractivity contribution in [2.45, 2.75) is 32.7 Å². The number of carboxylic acids is 1. The van der Waals surface area contributed by atoms with Crippen molar-refractivity contribution in [3.8, 4) is 5.75 Å². The van der Waals surface area contributed by atoms with Crippen LogP contribution in [0.5, 0.6) is 5.75 Å². The summed E-state index contributed by atoms with van der Waals surface area (Å²) in [4.78, 5) is 26.1. The summed E-state index contributed by atoms with van der Waals surface area (Å²) in [5.74, 6) is -1.09. The molecule has 0 spiro atoms. The second-order valence-corrected chi connectivity index (χ2v) is 7.03. The standard InChI is InChI=1S/C20H25N3O4/c1-13-9-14(2)23(21-13)8-7-19(24)22-11-17(18(12-22)20(25)26)15-5-4-6-16(10-15)27-3/h4-6,9-10,17-18H,7-8,11-12H2,1-3H3,(H,25,26)/t17-,18+/m1/s1. The van der Waals surface area contributed by atoms with Gasteiger partial charge < -0.3 is 14.7 Å². The molecule has 2 aromatic rings. The summed E-state index contributed by atoms with van der Waals surface area (Å²) in [6.45, 7) is 5.01. The minimum Gasteiger partial charge on any atom is -0.497 e. The van der Waals surface area contributed by atoms with Crippen LogP contribution < -0.4 is 4.74 Å². The lowest BCUT2D eigenvalue weighted by Crippen LogP contribution is -2.30. The zero-order valence-electron chi connectivity index (χ0n) is 15.9. The highest BCUT2D eigenvalue weighted by Crippen LogP contribution is 2.34. The number of carbonyl (C=O) groups is 2. The van der Waals surface area contributed by atoms with Crippen LogP contribution in [-0.4, -0.2) is 51.9 Å². The molecule has 144 valence electrons. The molecule has 7 nitrogen and oxygen atoms in total. The normalized spacial score (nSPS) is 19.3. The zero-order valence-corrected chi connectivity index (χ0v) is 15.9. The van der Waals surface area contributed by atoms with Gasteiger partial charge in [-0.15, -0.1) is 0 Å². The number of benzene rings is 1. The quantitative estimate of drug-likeness (QED) is 0.842. The molecule has 1 aliphatic heterocycles. The lowest BCUT2D eigenvalue weighted by Gasteiger charge is -2.17. The van der Waals surface area contributed by atoms with Gasteiger partial charge >= 0.3 is 5.97 Å². The molecular weight excluding hydrogens is 346 g/mol. The van der Waals surface area contributed by atoms with Crippen LogP contribution in [0.2, 0.25) is 0 Å². The maximum atomic E-state index is 12.7. The van der Waals surface area contributed by atoms with Crippen LogP contribution in [0.4, 0.5) is 0 Å². The highest BCUT2D eigenvalue weighted by Gasteiger charge is 2.40. The number of hydrogen-bond acceptors (Lipinski definition) is 4. The van der Waals surface area contributed by atoms with Gasteiger partial charge in [-0.2, -0.15) is 5.10 Å². The summed E-state index contributed by atoms with van der Waals surface area (Å²) in [7, 11) is 1.58. The highest BCUT2D eigenvalue weighted by atomic mass is 16.5. The number of ether oxygens (including phenoxy) is 1. The lowest BCUT2D eigenvalue weighted by atomic mass is 9.89. The van der Waals surface area contributed by atoms with E-state index in [1.807, 2.05) is 48.9 Å². The van der Waals surface area contributed by atoms with Crippen molar-refractivity contribution in [2.24, 2.45) is 5.92 Å². The van der Waals surface area contributed by atoms with E-state index < -0.39 is 11.9 Å². The van der Waals surface area contributed by atoms with E-state index in [1.54, 1.807) is 12.0 Å². The fourth-order valence-electron chi connectivity index (χ4n) is 3.73. The van der Waals surface area contributed by atoms with Crippen LogP contribution in [0.25, 0.3) is 0 Å². The molecule has 27 heavy (non-hydrogen) atoms. The van der Waals surface area contributed by atoms with Crippen molar-refractivity contribution in [1.29, 1.82) is 0 Å². The predicted molar refractivity (Wildman–Crippen MR) is 99.8 cm³/mol. The molecule has 1 amide bonds. The maximum absolute atomic E-state index is 12.7. The number of aliphatic carboxylic acids is 1. The van der Waals surface area contributed by atoms with Crippen molar-refractivity contribution in [3.05, 3.63) is 47.3 Å². The Labute approximate surface area is 158 Å². The SMILES string of the molecule is COc1cccc([C@H]2CN(C(=O)CCn3nc(C)cc3C)C[C@@H]2C(=O)O)c1. The van der Waals surface area contributed by atoms with Gasteiger partial charge in [-0.05, 0) is 37.6 Å². The van der Waals surface area contributed by atoms with Crippen molar-refractivity contribution >= 4 is 11.9 Å². The van der Waals surface area contributed by atoms with E-state index in [2.05, 4.69) is 5.10 Å². The molecule has 0 aliphatic carbocycles. The molecule has 0 unspecified atom stereocenters. The summed E-state index contributed by atoms with van der Waals surface area (Å²) >= 11 is 0. The first kappa shape index (κ1) is 18.9. The zero-order chi connectivity index (χ0) is 19.6. The van der Waals surface area contributed by atoms with Crippen molar-refractivity contribution in [2.75, 3.05) is 20.2 Å². The number of aryl methyl sites for hydroxylation is 3. The van der Waals surface area contributed by atoms with Crippen LogP contribution in [0.3, 0.4) is 0 Å². The molecule has 3 rings (SSSR count). The molecular formula is C20H25N3O4. The van der Waals surface area contributed by atoms with E-state index in [0.717, 1.165) is 17.0 Å². The summed E-state index contributed by atoms with van der Waals surface area (Å²) < 4.78 is 7.06. The van der Waals surface area contributed by atoms with Gasteiger partial charge in [-0.25, -0.2) is 0 Å². The fraction of sp³-hybridized carbons (Fsp3) is 0.450. The van der Waals surface area contributed by atoms with Crippen molar-refractivity contribution < 1.29 is 19.4 Å². The van der Waals surface area contributed by atoms with Gasteiger partial charge in [-0.3, -0.25) is 14.3 Å². The molecule has 0 saturated carbocycles. The average molecular weight is 371 g/mol. The van der Waals surface area contributed by atoms with Crippen LogP contribution in [0, 0.1) is 19.8 Å². The summed E-state index contributed by atoms with van der Waals surface area (Å²) in [6.07, 6.45) is 0.305. The van der Waals surface area contributed by atoms with E-state index in [1.165, 1.54) is 0 Å². The summed E-state index contributed by atoms with van der Waals surface area (Å²) in [5.41, 5.74) is 2.82. The van der Waals surface area contributed by atoms with E-state index in [4.69, 9.17) is 4.74 Å². The Kier molecular flexibility index (Phi) is 5.48. The van der Waals surface area contributed by atoms with Gasteiger partial charge in [0.05, 0.1) is 18.7 Å². The number of nitrogens with zero attached hydrogens (tertiary/aromatic N) is 3. The first-order valence-corrected chi connectivity index (χ1v) is 9.04. The minimum absolute atomic E-state index is 0.0424. The Morgan fingerprint density at radius 2 is 2.04 bits per heavy atom. The van der Waals surface area contributed by atoms with Gasteiger partial charge in [0.2, 0.25) is 5.91 Å². The number of aromatic nitrogens is 2. The van der Waals surface area contributed by atoms with Crippen LogP contribution in [-0.2, 0) is 16.1 Å². The molecule has 1 aromatic carbocycles. The molecule has 1 aromatic heterocycles. The summed E-state index contributed by atoms with van der Waals surface area (Å²) in [6, 6.07) is 9.39. The van der Waals surface area contributed by atoms with E-state index in [-0.39, 0.29) is 18.4 Å². The number of rotatable bonds is 6. The van der Waals surface area contributed by atoms with E-state index in [9.17, 15) is 14.7 Å². The van der Waals surface area contributed by atoms with E-state index in [0.29, 0.717) is 25.3 Å². The van der Waals surface area contributed by atoms with Gasteiger partial charge in [0, 0.05) is 37.7 Å². The molecule has 2 atom stereocenters. The highest BCUT2D eigenvalue weighted by molar-refractivity contribution is 5.79. The monoisotopic (exact) mass is 371 g/mol. The van der Waals surface area contributed by atoms with Gasteiger partial charge in [0.25, 0.3) is 0 Å². The third-order valence-corrected chi connectivity index (χ3v) is 5.15. The largest absolute Gasteiger partial charge is 0.497 e. The maximum Gasteiger partial charge on any atom is 0.308 e. The van der Waals surface area contributed by atoms with Crippen LogP contribution in [0.15, 0.2) is 30.3 Å². The Bertz CT molecular complexity index is 846. The van der Waals surface area contributed by atoms with Gasteiger partial charge in [0.15, 0.2) is 0 Å². The first-order valence-electron chi connectivity index (χ1n) is 9.04. The molecule has 1 saturated heterocycles. The first-order chi connectivity index (χ1) is 12.9. The molecule has 7 heteroatoms. The molecule has 2 heterocycles. The summed E-state index contributed by atoms with van der Waals surface area (Å²) in [5, 5.41) is 14.0. The van der Waals surface area contributed by atoms with E-state index >= 15 is 0 Å². The number of likely N-dealkylation sites (tertiary alicyclic amines) is 1. The Hall–Kier alpha value is -2.83. The van der Waals surface area contributed by atoms with Crippen molar-refractivity contribution in [3.63, 3.8) is 0 Å². The number of carbonyl (C=O) groups excluding carboxylic acids is 1. The Morgan fingerprint density at radius 1 is 1.26 bits per heavy atom. The smallest absolute Gasteiger partial charge is 0.308 e. The second kappa shape index (κ2) is 7.82. The molecule has 0 bridgehead atoms. The lowest BCUT2D eigenvalue weighted by molar-refractivity contribution is -0.141. The van der Waals surface area contributed by atoms with Gasteiger partial charge in [0.1, 0.15) is 5.75 Å². The number of methoxy groups -OCH3 is 1. The molecule has 1 N–H and O–H groups in total. The van der Waals surface area contributed by atoms with Crippen LogP contribution in [0.1, 0.15) is 29.3 Å². The van der Waals surface area contributed by atoms with Crippen molar-refractivity contribution in [1.82, 2.24) is 14.7 Å². The third-order valence-electron chi connectivity index (χ3n) is 5.15. The molecule has 1 aliphatic rings. The second-order valence-electron chi connectivity index (χ2n) is 7.03. The topological polar surface area (TPSA) is 84.7 Å². The Balaban J connectivity index is 1.70. The third kappa shape index (κ3) is 4.13. The average Bonchev–Trinajstić information content (AvgIpc) is 3.23. The number of hydrogen-bond donors (Lipinski definition) is 1. The number of amides is 1. The van der Waals surface area contributed by atoms with Crippen LogP contribution >= 0.6 is 0 Å². The predicted octanol–water partition coefficient (Wildman–Crippen LogP) is 2.23. The molecule has 1 fully saturated rings. The minimum atomic E-state index is -0.878. The van der Waals surface area contributed by atoms with Gasteiger partial charge in [-0.1, -0.05) is 12.1 Å². The molecule has 0 radical (unpaired) electrons. The fourth-order valence-corrected chi connectivity index (χ4v) is 3.73.